The van der Waals surface area contributed by atoms with Gasteiger partial charge in [0.1, 0.15) is 0 Å². The minimum absolute atomic E-state index is 0.187. The van der Waals surface area contributed by atoms with Crippen LogP contribution in [0.2, 0.25) is 0 Å². The van der Waals surface area contributed by atoms with Gasteiger partial charge in [0.25, 0.3) is 0 Å². The van der Waals surface area contributed by atoms with Crippen molar-refractivity contribution in [2.24, 2.45) is 0 Å². The number of carboxylic acids is 2. The van der Waals surface area contributed by atoms with E-state index in [1.165, 1.54) is 44.9 Å². The molecule has 0 atom stereocenters. The van der Waals surface area contributed by atoms with E-state index in [1.54, 1.807) is 18.2 Å². The average molecular weight is 435 g/mol. The molecule has 0 aliphatic carbocycles. The summed E-state index contributed by atoms with van der Waals surface area (Å²) in [6, 6.07) is 4.71. The minimum atomic E-state index is -1.56. The van der Waals surface area contributed by atoms with Crippen molar-refractivity contribution in [1.82, 2.24) is 4.98 Å². The summed E-state index contributed by atoms with van der Waals surface area (Å²) in [4.78, 5) is 24.6. The molecule has 1 rings (SSSR count). The number of rotatable bonds is 12. The molecule has 1 heterocycles. The predicted molar refractivity (Wildman–Crippen MR) is 102 cm³/mol. The van der Waals surface area contributed by atoms with E-state index in [2.05, 4.69) is 11.9 Å². The number of hydrogen-bond donors (Lipinski definition) is 3. The number of nitrogens with zero attached hydrogens (tertiary/aromatic N) is 1. The van der Waals surface area contributed by atoms with Gasteiger partial charge in [-0.05, 0) is 12.1 Å². The normalized spacial score (nSPS) is 9.39. The Labute approximate surface area is 174 Å². The Balaban J connectivity index is 0. The Morgan fingerprint density at radius 2 is 1.32 bits per heavy atom. The van der Waals surface area contributed by atoms with Gasteiger partial charge in [-0.2, -0.15) is 6.54 Å². The molecular formula is C19H32N2O6V-. The van der Waals surface area contributed by atoms with Crippen LogP contribution in [0.25, 0.3) is 5.73 Å². The Kier molecular flexibility index (Phi) is 22.2. The van der Waals surface area contributed by atoms with Gasteiger partial charge in [-0.25, -0.2) is 0 Å². The van der Waals surface area contributed by atoms with Gasteiger partial charge in [-0.15, -0.1) is 0 Å². The van der Waals surface area contributed by atoms with Crippen LogP contribution < -0.4 is 0 Å². The van der Waals surface area contributed by atoms with E-state index in [1.807, 2.05) is 0 Å². The molecule has 8 nitrogen and oxygen atoms in total. The van der Waals surface area contributed by atoms with Crippen LogP contribution in [0.1, 0.15) is 69.7 Å². The molecule has 0 bridgehead atoms. The zero-order chi connectivity index (χ0) is 21.6. The van der Waals surface area contributed by atoms with Gasteiger partial charge in [0.05, 0.1) is 24.2 Å². The second-order valence-electron chi connectivity index (χ2n) is 6.07. The van der Waals surface area contributed by atoms with E-state index in [-0.39, 0.29) is 12.8 Å². The average Bonchev–Trinajstić information content (AvgIpc) is 2.61. The fourth-order valence-corrected chi connectivity index (χ4v) is 2.29. The van der Waals surface area contributed by atoms with E-state index in [4.69, 9.17) is 23.7 Å². The molecule has 28 heavy (non-hydrogen) atoms. The number of nitrogens with one attached hydrogen (secondary N) is 1. The quantitative estimate of drug-likeness (QED) is 0.422. The summed E-state index contributed by atoms with van der Waals surface area (Å²) in [5.74, 6) is -1.96. The topological polar surface area (TPSA) is 149 Å². The van der Waals surface area contributed by atoms with Gasteiger partial charge in [0.15, 0.2) is 0 Å². The van der Waals surface area contributed by atoms with E-state index in [0.29, 0.717) is 17.9 Å². The molecule has 0 unspecified atom stereocenters. The van der Waals surface area contributed by atoms with Crippen LogP contribution in [-0.2, 0) is 42.7 Å². The van der Waals surface area contributed by atoms with Crippen LogP contribution in [-0.4, -0.2) is 37.7 Å². The summed E-state index contributed by atoms with van der Waals surface area (Å²) in [6.07, 6.45) is 10.3. The summed E-state index contributed by atoms with van der Waals surface area (Å²) in [5, 5.41) is 17.0. The molecule has 0 aromatic carbocycles. The van der Waals surface area contributed by atoms with Crippen LogP contribution in [0, 0.1) is 0 Å². The number of hydrogen-bond acceptors (Lipinski definition) is 4. The summed E-state index contributed by atoms with van der Waals surface area (Å²) in [5.41, 5.74) is 7.69. The Morgan fingerprint density at radius 3 is 1.68 bits per heavy atom. The Hall–Kier alpha value is -1.61. The van der Waals surface area contributed by atoms with Gasteiger partial charge >= 0.3 is 36.2 Å². The van der Waals surface area contributed by atoms with E-state index in [9.17, 15) is 9.59 Å². The summed E-state index contributed by atoms with van der Waals surface area (Å²) in [7, 11) is 0. The van der Waals surface area contributed by atoms with Crippen molar-refractivity contribution in [3.63, 3.8) is 0 Å². The fraction of sp³-hybridized carbons (Fsp3) is 0.632. The Morgan fingerprint density at radius 1 is 0.929 bits per heavy atom. The van der Waals surface area contributed by atoms with Gasteiger partial charge in [0, 0.05) is 0 Å². The molecular weight excluding hydrogens is 403 g/mol. The predicted octanol–water partition coefficient (Wildman–Crippen LogP) is 3.84. The third-order valence-corrected chi connectivity index (χ3v) is 3.56. The molecule has 0 saturated carbocycles. The van der Waals surface area contributed by atoms with Crippen molar-refractivity contribution in [3.05, 3.63) is 35.3 Å². The molecule has 0 radical (unpaired) electrons. The standard InChI is InChI=1S/C10H22N.C9H9NO4.H2O.O.V/c1-2-3-4-5-6-7-8-9-10-11;11-8(12)4-6-2-1-3-7(10-6)5-9(13)14;;;/h11H,2-10H2,1H3;1-3H,4-5H2,(H,11,12)(H,13,14);1H2;;/q-1;;;;+1/p-1. The fourth-order valence-electron chi connectivity index (χ4n) is 2.29. The first-order valence-corrected chi connectivity index (χ1v) is 10.6. The molecule has 4 N–H and O–H groups in total. The SMILES string of the molecule is CCCCCCCCCC[NH-].O=C(O)Cc1cccc(CC(=O)O)n1.[O]=[V][OH]. The first kappa shape index (κ1) is 28.6. The van der Waals surface area contributed by atoms with Crippen molar-refractivity contribution < 1.29 is 44.1 Å². The van der Waals surface area contributed by atoms with Crippen LogP contribution in [0.4, 0.5) is 0 Å². The number of aromatic nitrogens is 1. The number of pyridine rings is 1. The van der Waals surface area contributed by atoms with Crippen LogP contribution >= 0.6 is 0 Å². The zero-order valence-corrected chi connectivity index (χ0v) is 17.9. The maximum atomic E-state index is 10.3. The summed E-state index contributed by atoms with van der Waals surface area (Å²) < 4.78 is 15.7. The molecule has 9 heteroatoms. The molecule has 1 aromatic rings. The molecule has 0 spiro atoms. The maximum absolute atomic E-state index is 10.3. The third kappa shape index (κ3) is 22.4. The molecule has 160 valence electrons. The summed E-state index contributed by atoms with van der Waals surface area (Å²) >= 11 is -1.56. The van der Waals surface area contributed by atoms with Crippen molar-refractivity contribution in [2.45, 2.75) is 71.1 Å². The van der Waals surface area contributed by atoms with Crippen molar-refractivity contribution in [1.29, 1.82) is 0 Å². The number of aliphatic carboxylic acids is 2. The molecule has 0 amide bonds. The van der Waals surface area contributed by atoms with E-state index in [0.717, 1.165) is 6.42 Å². The van der Waals surface area contributed by atoms with Crippen LogP contribution in [0.5, 0.6) is 0 Å². The van der Waals surface area contributed by atoms with Crippen molar-refractivity contribution >= 4 is 11.9 Å². The van der Waals surface area contributed by atoms with Gasteiger partial charge in [0.2, 0.25) is 0 Å². The molecule has 1 aromatic heterocycles. The molecule has 0 aliphatic heterocycles. The number of carbonyl (C=O) groups is 2. The Bertz CT molecular complexity index is 504. The van der Waals surface area contributed by atoms with Gasteiger partial charge in [-0.3, -0.25) is 14.6 Å². The van der Waals surface area contributed by atoms with Gasteiger partial charge < -0.3 is 15.9 Å². The van der Waals surface area contributed by atoms with Crippen LogP contribution in [0.3, 0.4) is 0 Å². The molecule has 0 fully saturated rings. The molecule has 0 aliphatic rings. The zero-order valence-electron chi connectivity index (χ0n) is 16.5. The van der Waals surface area contributed by atoms with Crippen molar-refractivity contribution in [3.8, 4) is 0 Å². The number of carboxylic acid groups (broad SMARTS) is 2. The molecule has 0 saturated heterocycles. The van der Waals surface area contributed by atoms with Crippen molar-refractivity contribution in [2.75, 3.05) is 6.54 Å². The van der Waals surface area contributed by atoms with E-state index < -0.39 is 28.5 Å². The van der Waals surface area contributed by atoms with E-state index >= 15 is 0 Å². The monoisotopic (exact) mass is 435 g/mol. The second-order valence-corrected chi connectivity index (χ2v) is 6.32. The third-order valence-electron chi connectivity index (χ3n) is 3.56. The van der Waals surface area contributed by atoms with Gasteiger partial charge in [-0.1, -0.05) is 64.4 Å². The number of unbranched alkanes of at least 4 members (excludes halogenated alkanes) is 7. The first-order chi connectivity index (χ1) is 13.4. The van der Waals surface area contributed by atoms with Crippen LogP contribution in [0.15, 0.2) is 18.2 Å². The summed E-state index contributed by atoms with van der Waals surface area (Å²) in [6.45, 7) is 2.87. The first-order valence-electron chi connectivity index (χ1n) is 9.40. The second kappa shape index (κ2) is 21.7.